The van der Waals surface area contributed by atoms with Gasteiger partial charge in [0.25, 0.3) is 0 Å². The van der Waals surface area contributed by atoms with Crippen molar-refractivity contribution in [1.82, 2.24) is 14.8 Å². The van der Waals surface area contributed by atoms with Gasteiger partial charge in [-0.25, -0.2) is 13.5 Å². The van der Waals surface area contributed by atoms with Crippen molar-refractivity contribution in [3.8, 4) is 5.69 Å². The SMILES string of the molecule is Cc1cccc(Nc2ncn(-c3cc(F)cc(F)c3)n2)c1. The fourth-order valence-electron chi connectivity index (χ4n) is 1.97. The van der Waals surface area contributed by atoms with Gasteiger partial charge >= 0.3 is 0 Å². The van der Waals surface area contributed by atoms with Crippen LogP contribution in [0.1, 0.15) is 5.56 Å². The number of hydrogen-bond acceptors (Lipinski definition) is 3. The summed E-state index contributed by atoms with van der Waals surface area (Å²) in [5, 5.41) is 7.18. The third kappa shape index (κ3) is 3.05. The normalized spacial score (nSPS) is 10.6. The first-order valence-electron chi connectivity index (χ1n) is 6.32. The van der Waals surface area contributed by atoms with E-state index in [1.807, 2.05) is 31.2 Å². The van der Waals surface area contributed by atoms with Crippen molar-refractivity contribution >= 4 is 11.6 Å². The molecule has 2 aromatic carbocycles. The first-order valence-corrected chi connectivity index (χ1v) is 6.32. The molecule has 0 unspecified atom stereocenters. The van der Waals surface area contributed by atoms with Crippen molar-refractivity contribution in [1.29, 1.82) is 0 Å². The van der Waals surface area contributed by atoms with Crippen molar-refractivity contribution in [3.63, 3.8) is 0 Å². The van der Waals surface area contributed by atoms with Crippen LogP contribution in [0.25, 0.3) is 5.69 Å². The number of rotatable bonds is 3. The second kappa shape index (κ2) is 5.32. The van der Waals surface area contributed by atoms with E-state index in [0.29, 0.717) is 5.95 Å². The molecule has 0 saturated carbocycles. The highest BCUT2D eigenvalue weighted by Gasteiger charge is 2.06. The summed E-state index contributed by atoms with van der Waals surface area (Å²) in [4.78, 5) is 4.07. The molecule has 3 aromatic rings. The summed E-state index contributed by atoms with van der Waals surface area (Å²) < 4.78 is 27.7. The largest absolute Gasteiger partial charge is 0.323 e. The molecule has 106 valence electrons. The molecule has 0 bridgehead atoms. The molecule has 6 heteroatoms. The van der Waals surface area contributed by atoms with Crippen molar-refractivity contribution in [2.45, 2.75) is 6.92 Å². The summed E-state index contributed by atoms with van der Waals surface area (Å²) in [6.07, 6.45) is 1.40. The Bertz CT molecular complexity index is 763. The average molecular weight is 286 g/mol. The van der Waals surface area contributed by atoms with Crippen molar-refractivity contribution in [2.24, 2.45) is 0 Å². The summed E-state index contributed by atoms with van der Waals surface area (Å²) in [5.41, 5.74) is 2.22. The van der Waals surface area contributed by atoms with Crippen LogP contribution in [0.5, 0.6) is 0 Å². The quantitative estimate of drug-likeness (QED) is 0.800. The lowest BCUT2D eigenvalue weighted by Gasteiger charge is -2.03. The van der Waals surface area contributed by atoms with Gasteiger partial charge in [-0.3, -0.25) is 0 Å². The lowest BCUT2D eigenvalue weighted by Crippen LogP contribution is -1.98. The summed E-state index contributed by atoms with van der Waals surface area (Å²) in [5.74, 6) is -0.965. The fraction of sp³-hybridized carbons (Fsp3) is 0.0667. The molecule has 3 rings (SSSR count). The van der Waals surface area contributed by atoms with Crippen molar-refractivity contribution < 1.29 is 8.78 Å². The van der Waals surface area contributed by atoms with Crippen LogP contribution in [0.2, 0.25) is 0 Å². The number of aromatic nitrogens is 3. The second-order valence-corrected chi connectivity index (χ2v) is 4.63. The summed E-state index contributed by atoms with van der Waals surface area (Å²) >= 11 is 0. The molecule has 21 heavy (non-hydrogen) atoms. The fourth-order valence-corrected chi connectivity index (χ4v) is 1.97. The minimum atomic E-state index is -0.659. The topological polar surface area (TPSA) is 42.7 Å². The number of anilines is 2. The highest BCUT2D eigenvalue weighted by molar-refractivity contribution is 5.54. The lowest BCUT2D eigenvalue weighted by atomic mass is 10.2. The third-order valence-electron chi connectivity index (χ3n) is 2.88. The van der Waals surface area contributed by atoms with Crippen LogP contribution in [-0.2, 0) is 0 Å². The lowest BCUT2D eigenvalue weighted by molar-refractivity contribution is 0.580. The molecule has 0 atom stereocenters. The molecular weight excluding hydrogens is 274 g/mol. The molecular formula is C15H12F2N4. The Morgan fingerprint density at radius 2 is 1.81 bits per heavy atom. The smallest absolute Gasteiger partial charge is 0.246 e. The van der Waals surface area contributed by atoms with Gasteiger partial charge in [-0.05, 0) is 36.8 Å². The predicted molar refractivity (Wildman–Crippen MR) is 75.7 cm³/mol. The summed E-state index contributed by atoms with van der Waals surface area (Å²) in [6.45, 7) is 1.98. The Kier molecular flexibility index (Phi) is 3.35. The van der Waals surface area contributed by atoms with Crippen LogP contribution in [0, 0.1) is 18.6 Å². The number of aryl methyl sites for hydroxylation is 1. The van der Waals surface area contributed by atoms with Crippen molar-refractivity contribution in [3.05, 3.63) is 66.0 Å². The molecule has 0 amide bonds. The minimum Gasteiger partial charge on any atom is -0.323 e. The Balaban J connectivity index is 1.86. The van der Waals surface area contributed by atoms with Gasteiger partial charge in [0.2, 0.25) is 5.95 Å². The van der Waals surface area contributed by atoms with E-state index in [2.05, 4.69) is 15.4 Å². The molecule has 0 fully saturated rings. The Labute approximate surface area is 120 Å². The first-order chi connectivity index (χ1) is 10.1. The third-order valence-corrected chi connectivity index (χ3v) is 2.88. The van der Waals surface area contributed by atoms with Crippen LogP contribution < -0.4 is 5.32 Å². The predicted octanol–water partition coefficient (Wildman–Crippen LogP) is 3.60. The van der Waals surface area contributed by atoms with Gasteiger partial charge in [-0.2, -0.15) is 4.98 Å². The van der Waals surface area contributed by atoms with Gasteiger partial charge < -0.3 is 5.32 Å². The molecule has 0 spiro atoms. The number of benzene rings is 2. The molecule has 1 N–H and O–H groups in total. The van der Waals surface area contributed by atoms with E-state index in [0.717, 1.165) is 17.3 Å². The van der Waals surface area contributed by atoms with Gasteiger partial charge in [0.05, 0.1) is 5.69 Å². The molecule has 1 aromatic heterocycles. The maximum absolute atomic E-state index is 13.2. The second-order valence-electron chi connectivity index (χ2n) is 4.63. The Morgan fingerprint density at radius 3 is 2.52 bits per heavy atom. The standard InChI is InChI=1S/C15H12F2N4/c1-10-3-2-4-13(5-10)19-15-18-9-21(20-15)14-7-11(16)6-12(17)8-14/h2-9H,1H3,(H,19,20). The van der Waals surface area contributed by atoms with Crippen LogP contribution in [0.3, 0.4) is 0 Å². The highest BCUT2D eigenvalue weighted by atomic mass is 19.1. The summed E-state index contributed by atoms with van der Waals surface area (Å²) in [6, 6.07) is 10.9. The monoisotopic (exact) mass is 286 g/mol. The molecule has 0 radical (unpaired) electrons. The van der Waals surface area contributed by atoms with Gasteiger partial charge in [0.1, 0.15) is 18.0 Å². The first kappa shape index (κ1) is 13.2. The zero-order valence-corrected chi connectivity index (χ0v) is 11.2. The zero-order chi connectivity index (χ0) is 14.8. The Morgan fingerprint density at radius 1 is 1.05 bits per heavy atom. The number of hydrogen-bond donors (Lipinski definition) is 1. The van der Waals surface area contributed by atoms with E-state index >= 15 is 0 Å². The molecule has 1 heterocycles. The van der Waals surface area contributed by atoms with E-state index in [-0.39, 0.29) is 5.69 Å². The van der Waals surface area contributed by atoms with Crippen LogP contribution in [-0.4, -0.2) is 14.8 Å². The van der Waals surface area contributed by atoms with E-state index in [1.54, 1.807) is 0 Å². The molecule has 0 aliphatic rings. The molecule has 0 aliphatic carbocycles. The van der Waals surface area contributed by atoms with Gasteiger partial charge in [-0.1, -0.05) is 12.1 Å². The minimum absolute atomic E-state index is 0.275. The van der Waals surface area contributed by atoms with E-state index in [9.17, 15) is 8.78 Å². The van der Waals surface area contributed by atoms with E-state index in [4.69, 9.17) is 0 Å². The maximum atomic E-state index is 13.2. The van der Waals surface area contributed by atoms with Crippen LogP contribution in [0.15, 0.2) is 48.8 Å². The molecule has 0 aliphatic heterocycles. The van der Waals surface area contributed by atoms with Crippen molar-refractivity contribution in [2.75, 3.05) is 5.32 Å². The number of nitrogens with zero attached hydrogens (tertiary/aromatic N) is 3. The highest BCUT2D eigenvalue weighted by Crippen LogP contribution is 2.16. The maximum Gasteiger partial charge on any atom is 0.246 e. The molecule has 0 saturated heterocycles. The summed E-state index contributed by atoms with van der Waals surface area (Å²) in [7, 11) is 0. The van der Waals surface area contributed by atoms with E-state index < -0.39 is 11.6 Å². The van der Waals surface area contributed by atoms with Gasteiger partial charge in [0.15, 0.2) is 0 Å². The van der Waals surface area contributed by atoms with Crippen LogP contribution >= 0.6 is 0 Å². The molecule has 4 nitrogen and oxygen atoms in total. The zero-order valence-electron chi connectivity index (χ0n) is 11.2. The average Bonchev–Trinajstić information content (AvgIpc) is 2.86. The van der Waals surface area contributed by atoms with Gasteiger partial charge in [-0.15, -0.1) is 5.10 Å². The Hall–Kier alpha value is -2.76. The van der Waals surface area contributed by atoms with Gasteiger partial charge in [0, 0.05) is 11.8 Å². The number of halogens is 2. The van der Waals surface area contributed by atoms with E-state index in [1.165, 1.54) is 23.1 Å². The number of nitrogens with one attached hydrogen (secondary N) is 1. The van der Waals surface area contributed by atoms with Crippen LogP contribution in [0.4, 0.5) is 20.4 Å².